The zero-order chi connectivity index (χ0) is 16.9. The number of carbonyl (C=O) groups excluding carboxylic acids is 1. The lowest BCUT2D eigenvalue weighted by Crippen LogP contribution is -2.44. The van der Waals surface area contributed by atoms with Crippen LogP contribution >= 0.6 is 0 Å². The minimum Gasteiger partial charge on any atom is -0.382 e. The predicted octanol–water partition coefficient (Wildman–Crippen LogP) is 0.596. The fraction of sp³-hybridized carbons (Fsp3) is 0.429. The van der Waals surface area contributed by atoms with Gasteiger partial charge in [-0.2, -0.15) is 5.26 Å². The number of nitrogens with one attached hydrogen (secondary N) is 3. The second kappa shape index (κ2) is 7.28. The number of nitrogens with zero attached hydrogens (tertiary/aromatic N) is 1. The summed E-state index contributed by atoms with van der Waals surface area (Å²) in [5, 5.41) is 16.9. The number of carbonyl (C=O) groups is 1. The van der Waals surface area contributed by atoms with Crippen molar-refractivity contribution in [3.8, 4) is 6.07 Å². The van der Waals surface area contributed by atoms with Gasteiger partial charge in [-0.3, -0.25) is 0 Å². The van der Waals surface area contributed by atoms with E-state index >= 15 is 0 Å². The van der Waals surface area contributed by atoms with Crippen LogP contribution in [0.15, 0.2) is 18.2 Å². The van der Waals surface area contributed by atoms with Gasteiger partial charge in [0.25, 0.3) is 0 Å². The second-order valence-corrected chi connectivity index (χ2v) is 7.43. The van der Waals surface area contributed by atoms with E-state index in [4.69, 9.17) is 5.26 Å². The second-order valence-electron chi connectivity index (χ2n) is 5.20. The molecule has 2 amide bonds. The van der Waals surface area contributed by atoms with Gasteiger partial charge in [-0.15, -0.1) is 0 Å². The van der Waals surface area contributed by atoms with E-state index in [2.05, 4.69) is 16.0 Å². The number of amides is 2. The Morgan fingerprint density at radius 3 is 2.83 bits per heavy atom. The smallest absolute Gasteiger partial charge is 0.315 e. The number of benzene rings is 1. The molecule has 1 atom stereocenters. The average molecular weight is 340 g/mol. The van der Waals surface area contributed by atoms with E-state index in [9.17, 15) is 17.6 Å². The largest absolute Gasteiger partial charge is 0.382 e. The summed E-state index contributed by atoms with van der Waals surface area (Å²) in [6.45, 7) is 0.543. The fourth-order valence-corrected chi connectivity index (χ4v) is 3.98. The third-order valence-corrected chi connectivity index (χ3v) is 5.19. The van der Waals surface area contributed by atoms with Crippen LogP contribution in [0.1, 0.15) is 12.0 Å². The molecule has 7 nitrogen and oxygen atoms in total. The van der Waals surface area contributed by atoms with Crippen LogP contribution in [0.2, 0.25) is 0 Å². The zero-order valence-corrected chi connectivity index (χ0v) is 13.1. The molecule has 1 aliphatic heterocycles. The van der Waals surface area contributed by atoms with Gasteiger partial charge in [0.1, 0.15) is 17.4 Å². The van der Waals surface area contributed by atoms with Crippen molar-refractivity contribution in [1.82, 2.24) is 10.6 Å². The monoisotopic (exact) mass is 340 g/mol. The first-order valence-corrected chi connectivity index (χ1v) is 8.91. The Hall–Kier alpha value is -2.34. The maximum absolute atomic E-state index is 13.4. The quantitative estimate of drug-likeness (QED) is 0.680. The maximum atomic E-state index is 13.4. The number of hydrogen-bond acceptors (Lipinski definition) is 5. The summed E-state index contributed by atoms with van der Waals surface area (Å²) in [5.74, 6) is -0.547. The lowest BCUT2D eigenvalue weighted by Gasteiger charge is -2.13. The normalized spacial score (nSPS) is 18.9. The number of hydrogen-bond donors (Lipinski definition) is 3. The molecule has 23 heavy (non-hydrogen) atoms. The summed E-state index contributed by atoms with van der Waals surface area (Å²) < 4.78 is 36.0. The predicted molar refractivity (Wildman–Crippen MR) is 83.2 cm³/mol. The molecule has 9 heteroatoms. The summed E-state index contributed by atoms with van der Waals surface area (Å²) in [4.78, 5) is 11.6. The van der Waals surface area contributed by atoms with Crippen molar-refractivity contribution in [2.24, 2.45) is 0 Å². The van der Waals surface area contributed by atoms with Crippen molar-refractivity contribution in [3.05, 3.63) is 29.6 Å². The molecule has 1 fully saturated rings. The molecule has 0 radical (unpaired) electrons. The van der Waals surface area contributed by atoms with Crippen LogP contribution in [0, 0.1) is 17.1 Å². The van der Waals surface area contributed by atoms with Crippen LogP contribution in [0.25, 0.3) is 0 Å². The molecule has 1 aromatic rings. The molecule has 1 heterocycles. The lowest BCUT2D eigenvalue weighted by molar-refractivity contribution is 0.238. The van der Waals surface area contributed by atoms with E-state index in [0.717, 1.165) is 0 Å². The highest BCUT2D eigenvalue weighted by atomic mass is 32.2. The Bertz CT molecular complexity index is 730. The van der Waals surface area contributed by atoms with Gasteiger partial charge in [-0.1, -0.05) is 6.07 Å². The highest BCUT2D eigenvalue weighted by molar-refractivity contribution is 7.91. The fourth-order valence-electron chi connectivity index (χ4n) is 2.30. The van der Waals surface area contributed by atoms with Gasteiger partial charge in [-0.05, 0) is 18.6 Å². The van der Waals surface area contributed by atoms with E-state index < -0.39 is 21.7 Å². The van der Waals surface area contributed by atoms with Crippen LogP contribution in [0.4, 0.5) is 14.9 Å². The molecule has 124 valence electrons. The standard InChI is InChI=1S/C14H17FN4O3S/c15-12-2-1-3-13(11(12)8-16)17-5-6-18-14(20)19-10-4-7-23(21,22)9-10/h1-3,10,17H,4-7,9H2,(H2,18,19,20)/t10-/m1/s1. The van der Waals surface area contributed by atoms with Crippen LogP contribution < -0.4 is 16.0 Å². The van der Waals surface area contributed by atoms with Gasteiger partial charge in [0.15, 0.2) is 9.84 Å². The minimum atomic E-state index is -3.04. The summed E-state index contributed by atoms with van der Waals surface area (Å²) in [7, 11) is -3.04. The molecule has 2 rings (SSSR count). The highest BCUT2D eigenvalue weighted by Crippen LogP contribution is 2.17. The van der Waals surface area contributed by atoms with Gasteiger partial charge in [0, 0.05) is 19.1 Å². The van der Waals surface area contributed by atoms with Crippen molar-refractivity contribution in [3.63, 3.8) is 0 Å². The zero-order valence-electron chi connectivity index (χ0n) is 12.3. The molecule has 1 aliphatic rings. The molecule has 0 aliphatic carbocycles. The van der Waals surface area contributed by atoms with Gasteiger partial charge in [0.2, 0.25) is 0 Å². The molecular formula is C14H17FN4O3S. The lowest BCUT2D eigenvalue weighted by atomic mass is 10.2. The average Bonchev–Trinajstić information content (AvgIpc) is 2.82. The number of urea groups is 1. The summed E-state index contributed by atoms with van der Waals surface area (Å²) in [5.41, 5.74) is 0.282. The molecule has 1 aromatic carbocycles. The highest BCUT2D eigenvalue weighted by Gasteiger charge is 2.28. The van der Waals surface area contributed by atoms with Crippen molar-refractivity contribution in [2.45, 2.75) is 12.5 Å². The third-order valence-electron chi connectivity index (χ3n) is 3.42. The van der Waals surface area contributed by atoms with E-state index in [1.807, 2.05) is 0 Å². The number of halogens is 1. The first kappa shape index (κ1) is 17.0. The Kier molecular flexibility index (Phi) is 5.39. The van der Waals surface area contributed by atoms with Gasteiger partial charge >= 0.3 is 6.03 Å². The molecule has 0 spiro atoms. The van der Waals surface area contributed by atoms with Crippen LogP contribution in [-0.2, 0) is 9.84 Å². The van der Waals surface area contributed by atoms with E-state index in [-0.39, 0.29) is 29.7 Å². The minimum absolute atomic E-state index is 0.0342. The topological polar surface area (TPSA) is 111 Å². The molecule has 1 saturated heterocycles. The Morgan fingerprint density at radius 2 is 2.17 bits per heavy atom. The first-order chi connectivity index (χ1) is 10.9. The van der Waals surface area contributed by atoms with Crippen molar-refractivity contribution >= 4 is 21.6 Å². The molecular weight excluding hydrogens is 323 g/mol. The number of nitriles is 1. The van der Waals surface area contributed by atoms with Crippen molar-refractivity contribution < 1.29 is 17.6 Å². The van der Waals surface area contributed by atoms with Crippen LogP contribution in [-0.4, -0.2) is 45.1 Å². The Morgan fingerprint density at radius 1 is 1.39 bits per heavy atom. The van der Waals surface area contributed by atoms with E-state index in [1.165, 1.54) is 12.1 Å². The maximum Gasteiger partial charge on any atom is 0.315 e. The van der Waals surface area contributed by atoms with Crippen molar-refractivity contribution in [1.29, 1.82) is 5.26 Å². The molecule has 0 bridgehead atoms. The van der Waals surface area contributed by atoms with E-state index in [0.29, 0.717) is 18.7 Å². The SMILES string of the molecule is N#Cc1c(F)cccc1NCCNC(=O)N[C@@H]1CCS(=O)(=O)C1. The van der Waals surface area contributed by atoms with Crippen LogP contribution in [0.5, 0.6) is 0 Å². The first-order valence-electron chi connectivity index (χ1n) is 7.08. The van der Waals surface area contributed by atoms with E-state index in [1.54, 1.807) is 12.1 Å². The summed E-state index contributed by atoms with van der Waals surface area (Å²) in [6.07, 6.45) is 0.419. The number of rotatable bonds is 5. The van der Waals surface area contributed by atoms with Gasteiger partial charge in [-0.25, -0.2) is 17.6 Å². The molecule has 3 N–H and O–H groups in total. The van der Waals surface area contributed by atoms with Gasteiger partial charge in [0.05, 0.1) is 17.2 Å². The number of anilines is 1. The van der Waals surface area contributed by atoms with Gasteiger partial charge < -0.3 is 16.0 Å². The Labute approximate surface area is 133 Å². The van der Waals surface area contributed by atoms with Crippen molar-refractivity contribution in [2.75, 3.05) is 29.9 Å². The summed E-state index contributed by atoms with van der Waals surface area (Å²) in [6, 6.07) is 5.22. The Balaban J connectivity index is 1.73. The summed E-state index contributed by atoms with van der Waals surface area (Å²) >= 11 is 0. The molecule has 0 unspecified atom stereocenters. The third kappa shape index (κ3) is 4.82. The van der Waals surface area contributed by atoms with Crippen LogP contribution in [0.3, 0.4) is 0 Å². The molecule has 0 aromatic heterocycles. The molecule has 0 saturated carbocycles. The number of sulfone groups is 1.